The first-order valence-electron chi connectivity index (χ1n) is 9.17. The van der Waals surface area contributed by atoms with E-state index in [1.165, 1.54) is 11.1 Å². The van der Waals surface area contributed by atoms with Gasteiger partial charge in [-0.1, -0.05) is 60.7 Å². The third-order valence-corrected chi connectivity index (χ3v) is 5.57. The molecular formula is C21H27N3O3S. The van der Waals surface area contributed by atoms with E-state index in [1.807, 2.05) is 11.8 Å². The summed E-state index contributed by atoms with van der Waals surface area (Å²) < 4.78 is 0. The Balaban J connectivity index is 0.000000203. The van der Waals surface area contributed by atoms with Crippen LogP contribution in [0.15, 0.2) is 60.7 Å². The number of hydrogen-bond donors (Lipinski definition) is 3. The average molecular weight is 402 g/mol. The fourth-order valence-electron chi connectivity index (χ4n) is 2.98. The molecule has 1 heterocycles. The van der Waals surface area contributed by atoms with Crippen molar-refractivity contribution < 1.29 is 14.4 Å². The number of carbonyl (C=O) groups is 2. The number of thioether (sulfide) groups is 1. The van der Waals surface area contributed by atoms with E-state index in [0.29, 0.717) is 13.0 Å². The molecule has 7 heteroatoms. The first kappa shape index (κ1) is 22.1. The normalized spacial score (nSPS) is 18.1. The average Bonchev–Trinajstić information content (AvgIpc) is 3.26. The number of hydrogen-bond acceptors (Lipinski definition) is 7. The number of nitrogens with two attached hydrogens (primary N) is 2. The second-order valence-corrected chi connectivity index (χ2v) is 7.42. The number of carbonyl (C=O) groups excluding carboxylic acids is 2. The van der Waals surface area contributed by atoms with Gasteiger partial charge < -0.3 is 10.6 Å². The second kappa shape index (κ2) is 11.6. The Hall–Kier alpha value is -2.19. The topological polar surface area (TPSA) is 107 Å². The SMILES string of the molecule is NCC(=O)[C@@]1(C(=O)ON)CCCN1.c1ccc(CSCc2ccccc2)cc1. The summed E-state index contributed by atoms with van der Waals surface area (Å²) in [5.74, 6) is 5.81. The van der Waals surface area contributed by atoms with Crippen LogP contribution in [0.5, 0.6) is 0 Å². The Morgan fingerprint density at radius 2 is 1.54 bits per heavy atom. The Morgan fingerprint density at radius 1 is 1.00 bits per heavy atom. The lowest BCUT2D eigenvalue weighted by atomic mass is 9.92. The molecule has 1 aliphatic heterocycles. The van der Waals surface area contributed by atoms with Crippen LogP contribution in [-0.4, -0.2) is 30.4 Å². The van der Waals surface area contributed by atoms with Gasteiger partial charge in [0.05, 0.1) is 6.54 Å². The number of rotatable bonds is 7. The van der Waals surface area contributed by atoms with E-state index in [-0.39, 0.29) is 12.3 Å². The van der Waals surface area contributed by atoms with Gasteiger partial charge in [-0.05, 0) is 30.5 Å². The number of Topliss-reactive ketones (excluding diaryl/α,β-unsaturated/α-hetero) is 1. The summed E-state index contributed by atoms with van der Waals surface area (Å²) in [6, 6.07) is 21.2. The van der Waals surface area contributed by atoms with Gasteiger partial charge in [0, 0.05) is 11.5 Å². The third-order valence-electron chi connectivity index (χ3n) is 4.50. The van der Waals surface area contributed by atoms with Gasteiger partial charge in [-0.15, -0.1) is 0 Å². The number of nitrogens with one attached hydrogen (secondary N) is 1. The van der Waals surface area contributed by atoms with E-state index in [4.69, 9.17) is 11.6 Å². The lowest BCUT2D eigenvalue weighted by molar-refractivity contribution is -0.155. The fourth-order valence-corrected chi connectivity index (χ4v) is 3.94. The van der Waals surface area contributed by atoms with E-state index in [9.17, 15) is 9.59 Å². The maximum absolute atomic E-state index is 11.4. The van der Waals surface area contributed by atoms with Crippen LogP contribution < -0.4 is 16.9 Å². The predicted molar refractivity (Wildman–Crippen MR) is 112 cm³/mol. The highest BCUT2D eigenvalue weighted by atomic mass is 32.2. The lowest BCUT2D eigenvalue weighted by Gasteiger charge is -2.23. The predicted octanol–water partition coefficient (Wildman–Crippen LogP) is 2.17. The van der Waals surface area contributed by atoms with Crippen LogP contribution in [0.4, 0.5) is 0 Å². The maximum Gasteiger partial charge on any atom is 0.352 e. The molecule has 0 aromatic heterocycles. The zero-order valence-corrected chi connectivity index (χ0v) is 16.6. The molecule has 0 bridgehead atoms. The van der Waals surface area contributed by atoms with E-state index < -0.39 is 11.5 Å². The Kier molecular flexibility index (Phi) is 9.16. The summed E-state index contributed by atoms with van der Waals surface area (Å²) in [5, 5.41) is 2.79. The molecule has 0 radical (unpaired) electrons. The van der Waals surface area contributed by atoms with Crippen molar-refractivity contribution in [2.45, 2.75) is 29.9 Å². The van der Waals surface area contributed by atoms with E-state index in [0.717, 1.165) is 17.9 Å². The highest BCUT2D eigenvalue weighted by molar-refractivity contribution is 7.97. The molecule has 3 rings (SSSR count). The van der Waals surface area contributed by atoms with E-state index >= 15 is 0 Å². The molecule has 0 amide bonds. The molecule has 1 aliphatic rings. The largest absolute Gasteiger partial charge is 0.372 e. The molecule has 1 fully saturated rings. The van der Waals surface area contributed by atoms with Crippen LogP contribution in [0, 0.1) is 0 Å². The quantitative estimate of drug-likeness (QED) is 0.482. The summed E-state index contributed by atoms with van der Waals surface area (Å²) in [5.41, 5.74) is 6.71. The molecule has 2 aromatic rings. The molecular weight excluding hydrogens is 374 g/mol. The summed E-state index contributed by atoms with van der Waals surface area (Å²) in [4.78, 5) is 26.7. The van der Waals surface area contributed by atoms with Gasteiger partial charge in [-0.25, -0.2) is 4.79 Å². The zero-order chi connectivity index (χ0) is 20.2. The van der Waals surface area contributed by atoms with Gasteiger partial charge in [0.1, 0.15) is 0 Å². The van der Waals surface area contributed by atoms with E-state index in [2.05, 4.69) is 70.8 Å². The van der Waals surface area contributed by atoms with Crippen LogP contribution in [0.2, 0.25) is 0 Å². The van der Waals surface area contributed by atoms with Crippen LogP contribution in [0.1, 0.15) is 24.0 Å². The van der Waals surface area contributed by atoms with Crippen molar-refractivity contribution in [1.82, 2.24) is 5.32 Å². The Labute approximate surface area is 170 Å². The molecule has 0 saturated carbocycles. The highest BCUT2D eigenvalue weighted by Crippen LogP contribution is 2.21. The maximum atomic E-state index is 11.4. The van der Waals surface area contributed by atoms with Crippen molar-refractivity contribution in [2.75, 3.05) is 13.1 Å². The van der Waals surface area contributed by atoms with Gasteiger partial charge in [0.2, 0.25) is 0 Å². The van der Waals surface area contributed by atoms with Crippen molar-refractivity contribution >= 4 is 23.5 Å². The molecule has 0 aliphatic carbocycles. The smallest absolute Gasteiger partial charge is 0.352 e. The standard InChI is InChI=1S/C14H14S.C7H13N3O3/c1-3-7-13(8-4-1)11-15-12-14-9-5-2-6-10-14;8-4-5(11)7(6(12)13-9)2-1-3-10-7/h1-10H,11-12H2;10H,1-4,8-9H2/t;7-/m.1/s1. The Bertz CT molecular complexity index is 678. The van der Waals surface area contributed by atoms with Gasteiger partial charge in [-0.2, -0.15) is 17.7 Å². The minimum Gasteiger partial charge on any atom is -0.372 e. The monoisotopic (exact) mass is 401 g/mol. The van der Waals surface area contributed by atoms with Crippen molar-refractivity contribution in [1.29, 1.82) is 0 Å². The first-order chi connectivity index (χ1) is 13.6. The molecule has 0 unspecified atom stereocenters. The second-order valence-electron chi connectivity index (χ2n) is 6.43. The van der Waals surface area contributed by atoms with Crippen molar-refractivity contribution in [3.63, 3.8) is 0 Å². The molecule has 0 spiro atoms. The minimum atomic E-state index is -1.29. The van der Waals surface area contributed by atoms with Gasteiger partial charge >= 0.3 is 5.97 Å². The third kappa shape index (κ3) is 6.17. The molecule has 5 N–H and O–H groups in total. The minimum absolute atomic E-state index is 0.192. The van der Waals surface area contributed by atoms with E-state index in [1.54, 1.807) is 0 Å². The van der Waals surface area contributed by atoms with Gasteiger partial charge in [0.25, 0.3) is 0 Å². The number of ketones is 1. The van der Waals surface area contributed by atoms with Crippen molar-refractivity contribution in [2.24, 2.45) is 11.6 Å². The molecule has 150 valence electrons. The molecule has 1 saturated heterocycles. The zero-order valence-electron chi connectivity index (χ0n) is 15.8. The van der Waals surface area contributed by atoms with Crippen LogP contribution in [-0.2, 0) is 25.9 Å². The van der Waals surface area contributed by atoms with Gasteiger partial charge in [0.15, 0.2) is 11.3 Å². The van der Waals surface area contributed by atoms with Crippen molar-refractivity contribution in [3.05, 3.63) is 71.8 Å². The van der Waals surface area contributed by atoms with Gasteiger partial charge in [-0.3, -0.25) is 10.1 Å². The van der Waals surface area contributed by atoms with Crippen molar-refractivity contribution in [3.8, 4) is 0 Å². The molecule has 28 heavy (non-hydrogen) atoms. The Morgan fingerprint density at radius 3 is 1.93 bits per heavy atom. The lowest BCUT2D eigenvalue weighted by Crippen LogP contribution is -2.57. The van der Waals surface area contributed by atoms with Crippen LogP contribution >= 0.6 is 11.8 Å². The highest BCUT2D eigenvalue weighted by Gasteiger charge is 2.48. The fraction of sp³-hybridized carbons (Fsp3) is 0.333. The molecule has 1 atom stereocenters. The summed E-state index contributed by atoms with van der Waals surface area (Å²) >= 11 is 1.96. The summed E-state index contributed by atoms with van der Waals surface area (Å²) in [6.45, 7) is 0.406. The molecule has 6 nitrogen and oxygen atoms in total. The first-order valence-corrected chi connectivity index (χ1v) is 10.3. The summed E-state index contributed by atoms with van der Waals surface area (Å²) in [7, 11) is 0. The van der Waals surface area contributed by atoms with Crippen LogP contribution in [0.25, 0.3) is 0 Å². The number of benzene rings is 2. The molecule has 2 aromatic carbocycles. The summed E-state index contributed by atoms with van der Waals surface area (Å²) in [6.07, 6.45) is 1.14. The van der Waals surface area contributed by atoms with Crippen LogP contribution in [0.3, 0.4) is 0 Å².